The highest BCUT2D eigenvalue weighted by atomic mass is 16.5. The SMILES string of the molecule is COCCCCNC(=O)c1cn(Cc2ccccc2)nc1-c1ccc(OC)cc1. The van der Waals surface area contributed by atoms with Crippen LogP contribution in [0.3, 0.4) is 0 Å². The summed E-state index contributed by atoms with van der Waals surface area (Å²) in [7, 11) is 3.31. The van der Waals surface area contributed by atoms with Gasteiger partial charge in [-0.3, -0.25) is 9.48 Å². The minimum absolute atomic E-state index is 0.118. The van der Waals surface area contributed by atoms with Gasteiger partial charge in [0, 0.05) is 32.0 Å². The lowest BCUT2D eigenvalue weighted by molar-refractivity contribution is 0.0952. The molecule has 6 nitrogen and oxygen atoms in total. The fourth-order valence-corrected chi connectivity index (χ4v) is 3.07. The van der Waals surface area contributed by atoms with Crippen LogP contribution in [0.25, 0.3) is 11.3 Å². The lowest BCUT2D eigenvalue weighted by Crippen LogP contribution is -2.24. The molecule has 1 aromatic heterocycles. The Morgan fingerprint density at radius 2 is 1.79 bits per heavy atom. The number of unbranched alkanes of at least 4 members (excludes halogenated alkanes) is 1. The van der Waals surface area contributed by atoms with E-state index >= 15 is 0 Å². The van der Waals surface area contributed by atoms with E-state index in [1.807, 2.05) is 65.5 Å². The van der Waals surface area contributed by atoms with E-state index in [1.54, 1.807) is 14.2 Å². The Hall–Kier alpha value is -3.12. The number of aromatic nitrogens is 2. The number of ether oxygens (including phenoxy) is 2. The summed E-state index contributed by atoms with van der Waals surface area (Å²) in [5.74, 6) is 0.647. The molecule has 0 saturated carbocycles. The molecule has 0 saturated heterocycles. The van der Waals surface area contributed by atoms with Crippen LogP contribution in [-0.2, 0) is 11.3 Å². The lowest BCUT2D eigenvalue weighted by Gasteiger charge is -2.06. The number of methoxy groups -OCH3 is 2. The molecule has 0 aliphatic carbocycles. The van der Waals surface area contributed by atoms with Crippen molar-refractivity contribution in [3.05, 3.63) is 71.9 Å². The zero-order valence-electron chi connectivity index (χ0n) is 16.9. The van der Waals surface area contributed by atoms with Gasteiger partial charge in [0.15, 0.2) is 0 Å². The molecule has 1 amide bonds. The Kier molecular flexibility index (Phi) is 7.41. The van der Waals surface area contributed by atoms with Crippen LogP contribution in [0, 0.1) is 0 Å². The maximum atomic E-state index is 12.8. The third-order valence-corrected chi connectivity index (χ3v) is 4.62. The van der Waals surface area contributed by atoms with Crippen LogP contribution in [-0.4, -0.2) is 43.1 Å². The normalized spacial score (nSPS) is 10.7. The van der Waals surface area contributed by atoms with E-state index in [0.29, 0.717) is 31.0 Å². The predicted octanol–water partition coefficient (Wildman–Crippen LogP) is 3.76. The van der Waals surface area contributed by atoms with Gasteiger partial charge in [-0.15, -0.1) is 0 Å². The van der Waals surface area contributed by atoms with Gasteiger partial charge in [-0.25, -0.2) is 0 Å². The summed E-state index contributed by atoms with van der Waals surface area (Å²) in [6.07, 6.45) is 3.60. The van der Waals surface area contributed by atoms with Crippen molar-refractivity contribution in [1.82, 2.24) is 15.1 Å². The second-order valence-corrected chi connectivity index (χ2v) is 6.76. The lowest BCUT2D eigenvalue weighted by atomic mass is 10.1. The number of hydrogen-bond donors (Lipinski definition) is 1. The average Bonchev–Trinajstić information content (AvgIpc) is 3.18. The number of amides is 1. The van der Waals surface area contributed by atoms with Crippen molar-refractivity contribution >= 4 is 5.91 Å². The fourth-order valence-electron chi connectivity index (χ4n) is 3.07. The summed E-state index contributed by atoms with van der Waals surface area (Å²) in [6.45, 7) is 1.90. The molecule has 29 heavy (non-hydrogen) atoms. The molecule has 0 aliphatic rings. The summed E-state index contributed by atoms with van der Waals surface area (Å²) in [4.78, 5) is 12.8. The smallest absolute Gasteiger partial charge is 0.255 e. The predicted molar refractivity (Wildman–Crippen MR) is 113 cm³/mol. The van der Waals surface area contributed by atoms with Crippen molar-refractivity contribution in [2.24, 2.45) is 0 Å². The van der Waals surface area contributed by atoms with Crippen LogP contribution in [0.4, 0.5) is 0 Å². The van der Waals surface area contributed by atoms with Crippen molar-refractivity contribution < 1.29 is 14.3 Å². The summed E-state index contributed by atoms with van der Waals surface area (Å²) >= 11 is 0. The molecule has 0 aliphatic heterocycles. The highest BCUT2D eigenvalue weighted by molar-refractivity contribution is 5.99. The average molecular weight is 393 g/mol. The minimum Gasteiger partial charge on any atom is -0.497 e. The van der Waals surface area contributed by atoms with Gasteiger partial charge in [0.2, 0.25) is 0 Å². The number of carbonyl (C=O) groups is 1. The molecule has 0 atom stereocenters. The maximum absolute atomic E-state index is 12.8. The first-order valence-corrected chi connectivity index (χ1v) is 9.74. The molecule has 1 N–H and O–H groups in total. The second-order valence-electron chi connectivity index (χ2n) is 6.76. The van der Waals surface area contributed by atoms with E-state index in [9.17, 15) is 4.79 Å². The Balaban J connectivity index is 1.82. The van der Waals surface area contributed by atoms with Crippen LogP contribution in [0.2, 0.25) is 0 Å². The molecule has 0 spiro atoms. The molecule has 3 aromatic rings. The number of nitrogens with one attached hydrogen (secondary N) is 1. The summed E-state index contributed by atoms with van der Waals surface area (Å²) in [6, 6.07) is 17.7. The van der Waals surface area contributed by atoms with Crippen LogP contribution >= 0.6 is 0 Å². The van der Waals surface area contributed by atoms with Crippen LogP contribution < -0.4 is 10.1 Å². The van der Waals surface area contributed by atoms with Gasteiger partial charge in [0.05, 0.1) is 19.2 Å². The van der Waals surface area contributed by atoms with Gasteiger partial charge in [0.25, 0.3) is 5.91 Å². The van der Waals surface area contributed by atoms with Gasteiger partial charge in [-0.05, 0) is 42.7 Å². The monoisotopic (exact) mass is 393 g/mol. The summed E-state index contributed by atoms with van der Waals surface area (Å²) in [5, 5.41) is 7.70. The molecule has 0 radical (unpaired) electrons. The van der Waals surface area contributed by atoms with E-state index in [4.69, 9.17) is 14.6 Å². The van der Waals surface area contributed by atoms with Gasteiger partial charge in [-0.2, -0.15) is 5.10 Å². The minimum atomic E-state index is -0.118. The molecule has 0 bridgehead atoms. The van der Waals surface area contributed by atoms with Crippen LogP contribution in [0.15, 0.2) is 60.8 Å². The van der Waals surface area contributed by atoms with Crippen molar-refractivity contribution in [2.45, 2.75) is 19.4 Å². The van der Waals surface area contributed by atoms with Crippen LogP contribution in [0.1, 0.15) is 28.8 Å². The number of hydrogen-bond acceptors (Lipinski definition) is 4. The van der Waals surface area contributed by atoms with Gasteiger partial charge >= 0.3 is 0 Å². The molecular formula is C23H27N3O3. The largest absolute Gasteiger partial charge is 0.497 e. The third-order valence-electron chi connectivity index (χ3n) is 4.62. The van der Waals surface area contributed by atoms with E-state index in [1.165, 1.54) is 0 Å². The highest BCUT2D eigenvalue weighted by Crippen LogP contribution is 2.25. The van der Waals surface area contributed by atoms with Crippen molar-refractivity contribution in [3.8, 4) is 17.0 Å². The Labute approximate surface area is 171 Å². The maximum Gasteiger partial charge on any atom is 0.255 e. The second kappa shape index (κ2) is 10.4. The Morgan fingerprint density at radius 3 is 2.48 bits per heavy atom. The van der Waals surface area contributed by atoms with Crippen LogP contribution in [0.5, 0.6) is 5.75 Å². The van der Waals surface area contributed by atoms with E-state index in [2.05, 4.69) is 5.32 Å². The quantitative estimate of drug-likeness (QED) is 0.533. The molecule has 3 rings (SSSR count). The first-order chi connectivity index (χ1) is 14.2. The first-order valence-electron chi connectivity index (χ1n) is 9.74. The molecule has 152 valence electrons. The Morgan fingerprint density at radius 1 is 1.03 bits per heavy atom. The van der Waals surface area contributed by atoms with Crippen molar-refractivity contribution in [1.29, 1.82) is 0 Å². The van der Waals surface area contributed by atoms with Crippen molar-refractivity contribution in [3.63, 3.8) is 0 Å². The molecule has 6 heteroatoms. The molecule has 2 aromatic carbocycles. The van der Waals surface area contributed by atoms with Gasteiger partial charge in [-0.1, -0.05) is 30.3 Å². The number of benzene rings is 2. The molecule has 0 fully saturated rings. The Bertz CT molecular complexity index is 905. The van der Waals surface area contributed by atoms with E-state index in [-0.39, 0.29) is 5.91 Å². The standard InChI is InChI=1S/C23H27N3O3/c1-28-15-7-6-14-24-23(27)21-17-26(16-18-8-4-3-5-9-18)25-22(21)19-10-12-20(29-2)13-11-19/h3-5,8-13,17H,6-7,14-16H2,1-2H3,(H,24,27). The number of nitrogens with zero attached hydrogens (tertiary/aromatic N) is 2. The number of rotatable bonds is 10. The summed E-state index contributed by atoms with van der Waals surface area (Å²) < 4.78 is 12.1. The van der Waals surface area contributed by atoms with E-state index < -0.39 is 0 Å². The van der Waals surface area contributed by atoms with Gasteiger partial charge in [0.1, 0.15) is 11.4 Å². The molecule has 1 heterocycles. The van der Waals surface area contributed by atoms with E-state index in [0.717, 1.165) is 29.7 Å². The molecular weight excluding hydrogens is 366 g/mol. The zero-order chi connectivity index (χ0) is 20.5. The topological polar surface area (TPSA) is 65.4 Å². The van der Waals surface area contributed by atoms with Gasteiger partial charge < -0.3 is 14.8 Å². The zero-order valence-corrected chi connectivity index (χ0v) is 16.9. The third kappa shape index (κ3) is 5.68. The number of carbonyl (C=O) groups excluding carboxylic acids is 1. The first kappa shape index (κ1) is 20.6. The molecule has 0 unspecified atom stereocenters. The van der Waals surface area contributed by atoms with Crippen molar-refractivity contribution in [2.75, 3.05) is 27.4 Å². The fraction of sp³-hybridized carbons (Fsp3) is 0.304. The summed E-state index contributed by atoms with van der Waals surface area (Å²) in [5.41, 5.74) is 3.24. The highest BCUT2D eigenvalue weighted by Gasteiger charge is 2.18.